The van der Waals surface area contributed by atoms with E-state index in [0.29, 0.717) is 18.2 Å². The van der Waals surface area contributed by atoms with Gasteiger partial charge < -0.3 is 4.90 Å². The number of thiocarbonyl (C=S) groups is 1. The van der Waals surface area contributed by atoms with Crippen molar-refractivity contribution >= 4 is 44.6 Å². The van der Waals surface area contributed by atoms with Gasteiger partial charge in [-0.3, -0.25) is 9.69 Å². The van der Waals surface area contributed by atoms with E-state index in [9.17, 15) is 26.4 Å². The molecule has 1 aromatic heterocycles. The van der Waals surface area contributed by atoms with Crippen LogP contribution in [0.3, 0.4) is 0 Å². The summed E-state index contributed by atoms with van der Waals surface area (Å²) < 4.78 is 65.9. The first-order valence-electron chi connectivity index (χ1n) is 9.52. The van der Waals surface area contributed by atoms with Gasteiger partial charge in [-0.2, -0.15) is 18.4 Å². The Bertz CT molecular complexity index is 1240. The van der Waals surface area contributed by atoms with Crippen molar-refractivity contribution in [1.29, 1.82) is 5.26 Å². The van der Waals surface area contributed by atoms with E-state index in [1.165, 1.54) is 49.3 Å². The van der Waals surface area contributed by atoms with E-state index in [2.05, 4.69) is 4.98 Å². The lowest BCUT2D eigenvalue weighted by Crippen LogP contribution is -2.44. The molecule has 1 aliphatic rings. The molecule has 1 saturated heterocycles. The van der Waals surface area contributed by atoms with Crippen LogP contribution in [0.5, 0.6) is 0 Å². The minimum Gasteiger partial charge on any atom is -0.318 e. The molecule has 0 bridgehead atoms. The highest BCUT2D eigenvalue weighted by Gasteiger charge is 2.37. The molecular formula is C20H18F3N5O3S2. The fourth-order valence-corrected chi connectivity index (χ4v) is 4.51. The smallest absolute Gasteiger partial charge is 0.318 e. The standard InChI is InChI=1S/C20H18F3N5O3S2/c1-26(2)33(30,31)15-7-5-13(6-8-15)27-9-3-4-18(29)28(19(27)32)14-10-16(20(21,22)23)17(11-24)25-12-14/h5-8,10,12H,3-4,9H2,1-2H3. The third-order valence-electron chi connectivity index (χ3n) is 4.91. The van der Waals surface area contributed by atoms with Crippen LogP contribution in [0.2, 0.25) is 0 Å². The zero-order valence-electron chi connectivity index (χ0n) is 17.5. The number of hydrogen-bond acceptors (Lipinski definition) is 6. The molecule has 0 unspecified atom stereocenters. The summed E-state index contributed by atoms with van der Waals surface area (Å²) in [5.74, 6) is -0.520. The summed E-state index contributed by atoms with van der Waals surface area (Å²) in [4.78, 5) is 18.8. The Balaban J connectivity index is 2.02. The number of nitriles is 1. The fraction of sp³-hybridized carbons (Fsp3) is 0.300. The molecule has 13 heteroatoms. The summed E-state index contributed by atoms with van der Waals surface area (Å²) in [6.07, 6.45) is -3.47. The number of hydrogen-bond donors (Lipinski definition) is 0. The van der Waals surface area contributed by atoms with Crippen molar-refractivity contribution in [3.8, 4) is 6.07 Å². The predicted octanol–water partition coefficient (Wildman–Crippen LogP) is 3.14. The van der Waals surface area contributed by atoms with Crippen LogP contribution in [0, 0.1) is 11.3 Å². The van der Waals surface area contributed by atoms with E-state index in [0.717, 1.165) is 15.4 Å². The van der Waals surface area contributed by atoms with Gasteiger partial charge in [0.2, 0.25) is 15.9 Å². The van der Waals surface area contributed by atoms with E-state index < -0.39 is 33.4 Å². The molecular weight excluding hydrogens is 479 g/mol. The number of sulfonamides is 1. The van der Waals surface area contributed by atoms with Gasteiger partial charge in [0.1, 0.15) is 6.07 Å². The molecule has 33 heavy (non-hydrogen) atoms. The van der Waals surface area contributed by atoms with Gasteiger partial charge in [0.15, 0.2) is 10.8 Å². The minimum absolute atomic E-state index is 0.0189. The average Bonchev–Trinajstić information content (AvgIpc) is 2.90. The van der Waals surface area contributed by atoms with Gasteiger partial charge in [-0.05, 0) is 49.0 Å². The second-order valence-electron chi connectivity index (χ2n) is 7.25. The molecule has 8 nitrogen and oxygen atoms in total. The first-order valence-corrected chi connectivity index (χ1v) is 11.4. The first kappa shape index (κ1) is 24.6. The number of anilines is 2. The molecule has 1 fully saturated rings. The van der Waals surface area contributed by atoms with Crippen molar-refractivity contribution in [2.45, 2.75) is 23.9 Å². The van der Waals surface area contributed by atoms with E-state index in [1.807, 2.05) is 0 Å². The van der Waals surface area contributed by atoms with Crippen LogP contribution < -0.4 is 9.80 Å². The number of halogens is 3. The van der Waals surface area contributed by atoms with E-state index in [-0.39, 0.29) is 28.7 Å². The van der Waals surface area contributed by atoms with Crippen LogP contribution in [0.25, 0.3) is 0 Å². The molecule has 2 aromatic rings. The van der Waals surface area contributed by atoms with Crippen molar-refractivity contribution in [1.82, 2.24) is 9.29 Å². The molecule has 174 valence electrons. The van der Waals surface area contributed by atoms with Crippen LogP contribution in [-0.2, 0) is 21.0 Å². The van der Waals surface area contributed by atoms with Crippen LogP contribution >= 0.6 is 12.2 Å². The summed E-state index contributed by atoms with van der Waals surface area (Å²) in [7, 11) is -0.856. The highest BCUT2D eigenvalue weighted by atomic mass is 32.2. The number of nitrogens with zero attached hydrogens (tertiary/aromatic N) is 5. The molecule has 1 amide bonds. The van der Waals surface area contributed by atoms with Gasteiger partial charge >= 0.3 is 6.18 Å². The minimum atomic E-state index is -4.85. The Morgan fingerprint density at radius 2 is 1.82 bits per heavy atom. The number of amides is 1. The third-order valence-corrected chi connectivity index (χ3v) is 7.15. The molecule has 0 atom stereocenters. The van der Waals surface area contributed by atoms with Crippen molar-refractivity contribution in [3.63, 3.8) is 0 Å². The average molecular weight is 498 g/mol. The Hall–Kier alpha value is -3.08. The number of aromatic nitrogens is 1. The van der Waals surface area contributed by atoms with Crippen molar-refractivity contribution in [2.75, 3.05) is 30.4 Å². The number of pyridine rings is 1. The van der Waals surface area contributed by atoms with Gasteiger partial charge in [0.05, 0.1) is 22.3 Å². The highest BCUT2D eigenvalue weighted by molar-refractivity contribution is 7.89. The number of carbonyl (C=O) groups is 1. The Morgan fingerprint density at radius 1 is 1.18 bits per heavy atom. The Labute approximate surface area is 193 Å². The van der Waals surface area contributed by atoms with Crippen LogP contribution in [-0.4, -0.2) is 49.4 Å². The van der Waals surface area contributed by atoms with Crippen molar-refractivity contribution < 1.29 is 26.4 Å². The number of rotatable bonds is 4. The number of carbonyl (C=O) groups excluding carboxylic acids is 1. The molecule has 3 rings (SSSR count). The number of benzene rings is 1. The summed E-state index contributed by atoms with van der Waals surface area (Å²) in [5, 5.41) is 8.88. The lowest BCUT2D eigenvalue weighted by Gasteiger charge is -2.30. The molecule has 0 aliphatic carbocycles. The van der Waals surface area contributed by atoms with Gasteiger partial charge in [-0.25, -0.2) is 17.7 Å². The van der Waals surface area contributed by atoms with Crippen LogP contribution in [0.4, 0.5) is 24.5 Å². The fourth-order valence-electron chi connectivity index (χ4n) is 3.21. The summed E-state index contributed by atoms with van der Waals surface area (Å²) >= 11 is 5.45. The van der Waals surface area contributed by atoms with E-state index in [4.69, 9.17) is 17.5 Å². The SMILES string of the molecule is CN(C)S(=O)(=O)c1ccc(N2CCCC(=O)N(c3cnc(C#N)c(C(F)(F)F)c3)C2=S)cc1. The normalized spacial score (nSPS) is 15.5. The second kappa shape index (κ2) is 9.05. The summed E-state index contributed by atoms with van der Waals surface area (Å²) in [6.45, 7) is 0.288. The van der Waals surface area contributed by atoms with E-state index in [1.54, 1.807) is 0 Å². The maximum absolute atomic E-state index is 13.4. The van der Waals surface area contributed by atoms with Crippen LogP contribution in [0.1, 0.15) is 24.1 Å². The zero-order chi connectivity index (χ0) is 24.6. The molecule has 0 radical (unpaired) electrons. The molecule has 1 aromatic carbocycles. The molecule has 0 N–H and O–H groups in total. The first-order chi connectivity index (χ1) is 15.4. The van der Waals surface area contributed by atoms with Crippen molar-refractivity contribution in [3.05, 3.63) is 47.8 Å². The van der Waals surface area contributed by atoms with E-state index >= 15 is 0 Å². The Morgan fingerprint density at radius 3 is 2.36 bits per heavy atom. The third kappa shape index (κ3) is 4.82. The molecule has 1 aliphatic heterocycles. The predicted molar refractivity (Wildman–Crippen MR) is 118 cm³/mol. The lowest BCUT2D eigenvalue weighted by molar-refractivity contribution is -0.138. The lowest BCUT2D eigenvalue weighted by atomic mass is 10.1. The van der Waals surface area contributed by atoms with Gasteiger partial charge in [-0.1, -0.05) is 0 Å². The Kier molecular flexibility index (Phi) is 6.73. The molecule has 0 spiro atoms. The molecule has 2 heterocycles. The highest BCUT2D eigenvalue weighted by Crippen LogP contribution is 2.34. The quantitative estimate of drug-likeness (QED) is 0.599. The monoisotopic (exact) mass is 497 g/mol. The summed E-state index contributed by atoms with van der Waals surface area (Å²) in [5.41, 5.74) is -1.83. The largest absolute Gasteiger partial charge is 0.419 e. The maximum Gasteiger partial charge on any atom is 0.419 e. The van der Waals surface area contributed by atoms with Crippen molar-refractivity contribution in [2.24, 2.45) is 0 Å². The zero-order valence-corrected chi connectivity index (χ0v) is 19.1. The van der Waals surface area contributed by atoms with Gasteiger partial charge in [0, 0.05) is 32.7 Å². The summed E-state index contributed by atoms with van der Waals surface area (Å²) in [6, 6.07) is 7.86. The maximum atomic E-state index is 13.4. The topological polar surface area (TPSA) is 97.6 Å². The van der Waals surface area contributed by atoms with Crippen LogP contribution in [0.15, 0.2) is 41.4 Å². The number of alkyl halides is 3. The van der Waals surface area contributed by atoms with Gasteiger partial charge in [0.25, 0.3) is 0 Å². The molecule has 0 saturated carbocycles. The van der Waals surface area contributed by atoms with Gasteiger partial charge in [-0.15, -0.1) is 0 Å². The second-order valence-corrected chi connectivity index (χ2v) is 9.76.